The minimum atomic E-state index is -4.37. The Morgan fingerprint density at radius 1 is 1.35 bits per heavy atom. The molecule has 1 aromatic carbocycles. The van der Waals surface area contributed by atoms with Gasteiger partial charge in [0, 0.05) is 6.54 Å². The Morgan fingerprint density at radius 2 is 2.15 bits per heavy atom. The SMILES string of the molecule is NC(=O)COc1ccc2c(c1)P(=O)(O)N=C(c1c(O)c(-c3cccs3)nn(CC3CC3)c1=O)N2. The molecule has 1 aliphatic carbocycles. The molecule has 5 rings (SSSR count). The Morgan fingerprint density at radius 3 is 2.82 bits per heavy atom. The number of carbonyl (C=O) groups excluding carboxylic acids is 1. The number of anilines is 1. The molecule has 0 radical (unpaired) electrons. The second-order valence-electron chi connectivity index (χ2n) is 8.03. The lowest BCUT2D eigenvalue weighted by molar-refractivity contribution is -0.119. The molecule has 11 nitrogen and oxygen atoms in total. The lowest BCUT2D eigenvalue weighted by Gasteiger charge is -2.23. The molecule has 13 heteroatoms. The smallest absolute Gasteiger partial charge is 0.346 e. The molecule has 1 atom stereocenters. The predicted octanol–water partition coefficient (Wildman–Crippen LogP) is 1.63. The van der Waals surface area contributed by atoms with Crippen molar-refractivity contribution in [3.05, 3.63) is 51.6 Å². The van der Waals surface area contributed by atoms with Crippen molar-refractivity contribution in [2.24, 2.45) is 16.4 Å². The molecule has 176 valence electrons. The fourth-order valence-electron chi connectivity index (χ4n) is 3.58. The number of primary amides is 1. The molecule has 1 fully saturated rings. The van der Waals surface area contributed by atoms with Crippen LogP contribution < -0.4 is 26.7 Å². The third-order valence-corrected chi connectivity index (χ3v) is 7.75. The molecule has 5 N–H and O–H groups in total. The number of carbonyl (C=O) groups is 1. The van der Waals surface area contributed by atoms with E-state index in [0.29, 0.717) is 17.3 Å². The molecular weight excluding hydrogens is 481 g/mol. The van der Waals surface area contributed by atoms with Gasteiger partial charge in [-0.3, -0.25) is 14.2 Å². The van der Waals surface area contributed by atoms with Crippen LogP contribution in [-0.2, 0) is 15.9 Å². The Labute approximate surface area is 197 Å². The molecule has 1 saturated carbocycles. The molecule has 2 aromatic heterocycles. The van der Waals surface area contributed by atoms with Crippen molar-refractivity contribution >= 4 is 41.6 Å². The summed E-state index contributed by atoms with van der Waals surface area (Å²) in [5.74, 6) is -0.859. The zero-order valence-electron chi connectivity index (χ0n) is 17.7. The van der Waals surface area contributed by atoms with E-state index >= 15 is 0 Å². The van der Waals surface area contributed by atoms with Crippen LogP contribution in [0.3, 0.4) is 0 Å². The maximum Gasteiger partial charge on any atom is 0.346 e. The molecule has 1 unspecified atom stereocenters. The molecular formula is C21H20N5O6PS. The number of rotatable bonds is 7. The topological polar surface area (TPSA) is 169 Å². The maximum absolute atomic E-state index is 13.3. The van der Waals surface area contributed by atoms with Crippen molar-refractivity contribution in [3.8, 4) is 22.1 Å². The van der Waals surface area contributed by atoms with Crippen molar-refractivity contribution in [1.29, 1.82) is 0 Å². The Balaban J connectivity index is 1.61. The summed E-state index contributed by atoms with van der Waals surface area (Å²) in [5, 5.41) is 20.0. The monoisotopic (exact) mass is 501 g/mol. The predicted molar refractivity (Wildman–Crippen MR) is 127 cm³/mol. The van der Waals surface area contributed by atoms with Crippen LogP contribution in [0.5, 0.6) is 11.5 Å². The van der Waals surface area contributed by atoms with E-state index in [-0.39, 0.29) is 33.8 Å². The van der Waals surface area contributed by atoms with Crippen LogP contribution in [0.4, 0.5) is 5.69 Å². The summed E-state index contributed by atoms with van der Waals surface area (Å²) in [7, 11) is -4.37. The fraction of sp³-hybridized carbons (Fsp3) is 0.238. The number of hydrogen-bond acceptors (Lipinski definition) is 8. The number of aromatic hydroxyl groups is 1. The van der Waals surface area contributed by atoms with Gasteiger partial charge in [-0.25, -0.2) is 4.68 Å². The van der Waals surface area contributed by atoms with Gasteiger partial charge in [0.1, 0.15) is 17.0 Å². The van der Waals surface area contributed by atoms with Crippen LogP contribution in [0.15, 0.2) is 45.3 Å². The largest absolute Gasteiger partial charge is 0.505 e. The third kappa shape index (κ3) is 4.23. The summed E-state index contributed by atoms with van der Waals surface area (Å²) in [5.41, 5.74) is 4.64. The van der Waals surface area contributed by atoms with Crippen molar-refractivity contribution in [2.45, 2.75) is 19.4 Å². The van der Waals surface area contributed by atoms with Crippen molar-refractivity contribution < 1.29 is 24.1 Å². The summed E-state index contributed by atoms with van der Waals surface area (Å²) < 4.78 is 23.5. The third-order valence-electron chi connectivity index (χ3n) is 5.40. The number of nitrogens with one attached hydrogen (secondary N) is 1. The highest BCUT2D eigenvalue weighted by molar-refractivity contribution is 7.65. The zero-order valence-corrected chi connectivity index (χ0v) is 19.4. The van der Waals surface area contributed by atoms with Crippen LogP contribution in [0.25, 0.3) is 10.6 Å². The second kappa shape index (κ2) is 8.39. The normalized spacial score (nSPS) is 19.1. The molecule has 3 aromatic rings. The van der Waals surface area contributed by atoms with Crippen molar-refractivity contribution in [1.82, 2.24) is 9.78 Å². The highest BCUT2D eigenvalue weighted by Gasteiger charge is 2.35. The number of thiophene rings is 1. The van der Waals surface area contributed by atoms with Gasteiger partial charge >= 0.3 is 7.52 Å². The summed E-state index contributed by atoms with van der Waals surface area (Å²) in [4.78, 5) is 35.6. The van der Waals surface area contributed by atoms with Gasteiger partial charge in [0.2, 0.25) is 0 Å². The first-order valence-corrected chi connectivity index (χ1v) is 12.9. The Kier molecular flexibility index (Phi) is 5.51. The number of amidine groups is 1. The van der Waals surface area contributed by atoms with E-state index in [0.717, 1.165) is 12.8 Å². The minimum absolute atomic E-state index is 0.0662. The van der Waals surface area contributed by atoms with E-state index < -0.39 is 31.3 Å². The molecule has 0 spiro atoms. The quantitative estimate of drug-likeness (QED) is 0.354. The zero-order chi connectivity index (χ0) is 24.0. The van der Waals surface area contributed by atoms with E-state index in [4.69, 9.17) is 10.5 Å². The highest BCUT2D eigenvalue weighted by atomic mass is 32.1. The van der Waals surface area contributed by atoms with Crippen LogP contribution in [0.1, 0.15) is 18.4 Å². The molecule has 34 heavy (non-hydrogen) atoms. The van der Waals surface area contributed by atoms with E-state index in [2.05, 4.69) is 15.2 Å². The first-order valence-electron chi connectivity index (χ1n) is 10.4. The van der Waals surface area contributed by atoms with Gasteiger partial charge in [0.05, 0.1) is 15.9 Å². The number of amides is 1. The standard InChI is InChI=1S/C21H20N5O6PS/c22-16(27)10-32-12-5-6-13-14(8-12)33(30,31)25-20(23-13)17-19(28)18(15-2-1-7-34-15)24-26(21(17)29)9-11-3-4-11/h1-2,5-8,11,28H,3-4,9-10H2,(H2,22,27)(H2,23,25,30,31). The Bertz CT molecular complexity index is 1430. The van der Waals surface area contributed by atoms with Gasteiger partial charge in [-0.1, -0.05) is 6.07 Å². The van der Waals surface area contributed by atoms with E-state index in [1.54, 1.807) is 12.1 Å². The fourth-order valence-corrected chi connectivity index (χ4v) is 5.56. The minimum Gasteiger partial charge on any atom is -0.505 e. The summed E-state index contributed by atoms with van der Waals surface area (Å²) in [6.07, 6.45) is 1.97. The number of fused-ring (bicyclic) bond motifs is 1. The second-order valence-corrected chi connectivity index (χ2v) is 10.7. The average Bonchev–Trinajstić information content (AvgIpc) is 3.43. The van der Waals surface area contributed by atoms with Crippen molar-refractivity contribution in [3.63, 3.8) is 0 Å². The number of nitrogens with zero attached hydrogens (tertiary/aromatic N) is 3. The maximum atomic E-state index is 13.3. The van der Waals surface area contributed by atoms with E-state index in [1.807, 2.05) is 5.38 Å². The molecule has 2 aliphatic rings. The van der Waals surface area contributed by atoms with Gasteiger partial charge < -0.3 is 25.8 Å². The summed E-state index contributed by atoms with van der Waals surface area (Å²) in [6, 6.07) is 7.78. The first-order chi connectivity index (χ1) is 16.2. The lowest BCUT2D eigenvalue weighted by Crippen LogP contribution is -2.35. The van der Waals surface area contributed by atoms with Crippen molar-refractivity contribution in [2.75, 3.05) is 11.9 Å². The van der Waals surface area contributed by atoms with Crippen LogP contribution in [0, 0.1) is 5.92 Å². The highest BCUT2D eigenvalue weighted by Crippen LogP contribution is 2.48. The van der Waals surface area contributed by atoms with Gasteiger partial charge in [-0.05, 0) is 48.4 Å². The number of nitrogens with two attached hydrogens (primary N) is 1. The van der Waals surface area contributed by atoms with Gasteiger partial charge in [-0.2, -0.15) is 9.86 Å². The molecule has 1 amide bonds. The Hall–Kier alpha value is -3.47. The number of aromatic nitrogens is 2. The number of ether oxygens (including phenoxy) is 1. The van der Waals surface area contributed by atoms with E-state index in [1.165, 1.54) is 34.2 Å². The molecule has 1 aliphatic heterocycles. The van der Waals surface area contributed by atoms with E-state index in [9.17, 15) is 24.2 Å². The lowest BCUT2D eigenvalue weighted by atomic mass is 10.1. The van der Waals surface area contributed by atoms with Gasteiger partial charge in [0.25, 0.3) is 11.5 Å². The molecule has 3 heterocycles. The van der Waals surface area contributed by atoms with Crippen LogP contribution in [-0.4, -0.2) is 38.1 Å². The summed E-state index contributed by atoms with van der Waals surface area (Å²) in [6.45, 7) is -0.0148. The number of hydrogen-bond donors (Lipinski definition) is 4. The van der Waals surface area contributed by atoms with Gasteiger partial charge in [-0.15, -0.1) is 11.3 Å². The van der Waals surface area contributed by atoms with Crippen LogP contribution >= 0.6 is 18.9 Å². The molecule has 0 bridgehead atoms. The van der Waals surface area contributed by atoms with Crippen LogP contribution in [0.2, 0.25) is 0 Å². The number of benzene rings is 1. The van der Waals surface area contributed by atoms with Gasteiger partial charge in [0.15, 0.2) is 18.2 Å². The summed E-state index contributed by atoms with van der Waals surface area (Å²) >= 11 is 1.34. The first kappa shape index (κ1) is 22.3. The average molecular weight is 501 g/mol. The molecule has 0 saturated heterocycles.